The predicted molar refractivity (Wildman–Crippen MR) is 88.1 cm³/mol. The monoisotopic (exact) mass is 341 g/mol. The number of carbonyl (C=O) groups excluding carboxylic acids is 1. The molecule has 0 fully saturated rings. The summed E-state index contributed by atoms with van der Waals surface area (Å²) in [4.78, 5) is 11.6. The zero-order valence-electron chi connectivity index (χ0n) is 13.8. The first kappa shape index (κ1) is 19.2. The van der Waals surface area contributed by atoms with E-state index in [0.717, 1.165) is 5.56 Å². The molecule has 7 heteroatoms. The van der Waals surface area contributed by atoms with Gasteiger partial charge in [0.2, 0.25) is 0 Å². The molecule has 1 amide bonds. The topological polar surface area (TPSA) is 92.7 Å². The summed E-state index contributed by atoms with van der Waals surface area (Å²) in [6.45, 7) is 10.8. The minimum Gasteiger partial charge on any atom is -0.444 e. The van der Waals surface area contributed by atoms with Gasteiger partial charge in [-0.25, -0.2) is 4.79 Å². The molecule has 0 aromatic heterocycles. The minimum absolute atomic E-state index is 0.182. The molecule has 0 saturated carbocycles. The van der Waals surface area contributed by atoms with Gasteiger partial charge in [-0.1, -0.05) is 12.1 Å². The summed E-state index contributed by atoms with van der Waals surface area (Å²) < 4.78 is 36.8. The highest BCUT2D eigenvalue weighted by Crippen LogP contribution is 2.17. The summed E-state index contributed by atoms with van der Waals surface area (Å²) in [5.41, 5.74) is 0.910. The molecule has 0 heterocycles. The van der Waals surface area contributed by atoms with E-state index in [-0.39, 0.29) is 4.90 Å². The maximum absolute atomic E-state index is 11.8. The number of hydrogen-bond donors (Lipinski definition) is 2. The van der Waals surface area contributed by atoms with Crippen molar-refractivity contribution in [2.45, 2.75) is 50.7 Å². The first-order valence-corrected chi connectivity index (χ1v) is 8.55. The van der Waals surface area contributed by atoms with E-state index in [1.807, 2.05) is 6.92 Å². The molecule has 1 atom stereocenters. The number of nitrogens with one attached hydrogen (secondary N) is 1. The highest BCUT2D eigenvalue weighted by Gasteiger charge is 2.19. The van der Waals surface area contributed by atoms with Crippen molar-refractivity contribution >= 4 is 16.2 Å². The Bertz CT molecular complexity index is 689. The van der Waals surface area contributed by atoms with Crippen LogP contribution in [0.15, 0.2) is 35.7 Å². The molecule has 0 aliphatic heterocycles. The Hall–Kier alpha value is -1.86. The maximum atomic E-state index is 11.8. The molecule has 0 aliphatic rings. The van der Waals surface area contributed by atoms with E-state index < -0.39 is 27.9 Å². The Morgan fingerprint density at radius 1 is 1.43 bits per heavy atom. The van der Waals surface area contributed by atoms with Gasteiger partial charge in [0.15, 0.2) is 0 Å². The molecule has 0 aliphatic carbocycles. The van der Waals surface area contributed by atoms with Gasteiger partial charge in [-0.2, -0.15) is 8.42 Å². The van der Waals surface area contributed by atoms with Crippen molar-refractivity contribution in [2.24, 2.45) is 0 Å². The van der Waals surface area contributed by atoms with Crippen molar-refractivity contribution in [1.29, 1.82) is 0 Å². The normalized spacial score (nSPS) is 13.3. The summed E-state index contributed by atoms with van der Waals surface area (Å²) in [5, 5.41) is 2.67. The van der Waals surface area contributed by atoms with Crippen LogP contribution in [0, 0.1) is 6.92 Å². The summed E-state index contributed by atoms with van der Waals surface area (Å²) in [6, 6.07) is 3.89. The number of aryl methyl sites for hydroxylation is 1. The molecule has 23 heavy (non-hydrogen) atoms. The zero-order valence-corrected chi connectivity index (χ0v) is 14.6. The molecule has 128 valence electrons. The fourth-order valence-electron chi connectivity index (χ4n) is 1.92. The molecular weight excluding hydrogens is 318 g/mol. The first-order chi connectivity index (χ1) is 10.4. The minimum atomic E-state index is -4.27. The van der Waals surface area contributed by atoms with E-state index in [4.69, 9.17) is 9.29 Å². The van der Waals surface area contributed by atoms with Crippen molar-refractivity contribution in [3.8, 4) is 0 Å². The van der Waals surface area contributed by atoms with E-state index in [1.54, 1.807) is 32.9 Å². The lowest BCUT2D eigenvalue weighted by Crippen LogP contribution is -2.39. The number of benzene rings is 1. The van der Waals surface area contributed by atoms with Crippen LogP contribution in [-0.2, 0) is 21.3 Å². The lowest BCUT2D eigenvalue weighted by atomic mass is 10.0. The molecule has 0 radical (unpaired) electrons. The molecule has 1 aromatic carbocycles. The fraction of sp³-hybridized carbons (Fsp3) is 0.438. The standard InChI is InChI=1S/C16H23NO5S/c1-6-13(17-15(18)22-16(3,4)5)9-12-10-14(23(19,20)21)8-7-11(12)2/h6-8,10,13H,1,9H2,2-5H3,(H,17,18)(H,19,20,21)/t13-/m1/s1. The number of amides is 1. The third kappa shape index (κ3) is 6.42. The fourth-order valence-corrected chi connectivity index (χ4v) is 2.45. The van der Waals surface area contributed by atoms with E-state index >= 15 is 0 Å². The van der Waals surface area contributed by atoms with Crippen LogP contribution in [0.2, 0.25) is 0 Å². The summed E-state index contributed by atoms with van der Waals surface area (Å²) in [6.07, 6.45) is 1.30. The molecular formula is C16H23NO5S. The second-order valence-corrected chi connectivity index (χ2v) is 7.68. The van der Waals surface area contributed by atoms with Gasteiger partial charge in [-0.15, -0.1) is 6.58 Å². The number of carbonyl (C=O) groups is 1. The maximum Gasteiger partial charge on any atom is 0.408 e. The second kappa shape index (κ2) is 7.14. The van der Waals surface area contributed by atoms with Crippen LogP contribution in [0.1, 0.15) is 31.9 Å². The molecule has 0 spiro atoms. The van der Waals surface area contributed by atoms with E-state index in [9.17, 15) is 13.2 Å². The van der Waals surface area contributed by atoms with Crippen LogP contribution in [0.3, 0.4) is 0 Å². The van der Waals surface area contributed by atoms with Crippen LogP contribution in [0.5, 0.6) is 0 Å². The Morgan fingerprint density at radius 2 is 2.04 bits per heavy atom. The molecule has 1 aromatic rings. The Balaban J connectivity index is 2.91. The van der Waals surface area contributed by atoms with Gasteiger partial charge in [0.25, 0.3) is 10.1 Å². The average Bonchev–Trinajstić information content (AvgIpc) is 2.36. The van der Waals surface area contributed by atoms with Crippen LogP contribution < -0.4 is 5.32 Å². The van der Waals surface area contributed by atoms with Gasteiger partial charge in [0.1, 0.15) is 5.60 Å². The van der Waals surface area contributed by atoms with Crippen LogP contribution in [0.25, 0.3) is 0 Å². The highest BCUT2D eigenvalue weighted by atomic mass is 32.2. The van der Waals surface area contributed by atoms with Crippen molar-refractivity contribution < 1.29 is 22.5 Å². The van der Waals surface area contributed by atoms with E-state index in [1.165, 1.54) is 12.1 Å². The lowest BCUT2D eigenvalue weighted by molar-refractivity contribution is 0.0514. The van der Waals surface area contributed by atoms with Gasteiger partial charge < -0.3 is 10.1 Å². The summed E-state index contributed by atoms with van der Waals surface area (Å²) in [5.74, 6) is 0. The molecule has 1 rings (SSSR count). The largest absolute Gasteiger partial charge is 0.444 e. The lowest BCUT2D eigenvalue weighted by Gasteiger charge is -2.22. The van der Waals surface area contributed by atoms with Crippen LogP contribution in [0.4, 0.5) is 4.79 Å². The van der Waals surface area contributed by atoms with E-state index in [0.29, 0.717) is 12.0 Å². The Kier molecular flexibility index (Phi) is 5.96. The molecule has 6 nitrogen and oxygen atoms in total. The second-order valence-electron chi connectivity index (χ2n) is 6.26. The first-order valence-electron chi connectivity index (χ1n) is 7.11. The third-order valence-electron chi connectivity index (χ3n) is 3.04. The van der Waals surface area contributed by atoms with Crippen molar-refractivity contribution in [2.75, 3.05) is 0 Å². The number of hydrogen-bond acceptors (Lipinski definition) is 4. The number of alkyl carbamates (subject to hydrolysis) is 1. The summed E-state index contributed by atoms with van der Waals surface area (Å²) in [7, 11) is -4.27. The van der Waals surface area contributed by atoms with Crippen molar-refractivity contribution in [3.63, 3.8) is 0 Å². The molecule has 0 saturated heterocycles. The van der Waals surface area contributed by atoms with Crippen LogP contribution >= 0.6 is 0 Å². The van der Waals surface area contributed by atoms with Crippen LogP contribution in [-0.4, -0.2) is 30.7 Å². The van der Waals surface area contributed by atoms with Gasteiger partial charge in [-0.05, 0) is 57.4 Å². The SMILES string of the molecule is C=C[C@H](Cc1cc(S(=O)(=O)O)ccc1C)NC(=O)OC(C)(C)C. The number of rotatable bonds is 5. The Labute approximate surface area is 137 Å². The van der Waals surface area contributed by atoms with Gasteiger partial charge in [-0.3, -0.25) is 4.55 Å². The zero-order chi connectivity index (χ0) is 17.8. The molecule has 0 unspecified atom stereocenters. The van der Waals surface area contributed by atoms with Gasteiger partial charge in [0.05, 0.1) is 10.9 Å². The van der Waals surface area contributed by atoms with E-state index in [2.05, 4.69) is 11.9 Å². The summed E-state index contributed by atoms with van der Waals surface area (Å²) >= 11 is 0. The van der Waals surface area contributed by atoms with Gasteiger partial charge >= 0.3 is 6.09 Å². The number of ether oxygens (including phenoxy) is 1. The smallest absolute Gasteiger partial charge is 0.408 e. The van der Waals surface area contributed by atoms with Crippen molar-refractivity contribution in [3.05, 3.63) is 42.0 Å². The molecule has 2 N–H and O–H groups in total. The quantitative estimate of drug-likeness (QED) is 0.634. The Morgan fingerprint density at radius 3 is 2.52 bits per heavy atom. The third-order valence-corrected chi connectivity index (χ3v) is 3.89. The van der Waals surface area contributed by atoms with Gasteiger partial charge in [0, 0.05) is 0 Å². The predicted octanol–water partition coefficient (Wildman–Crippen LogP) is 2.86. The average molecular weight is 341 g/mol. The molecule has 0 bridgehead atoms. The highest BCUT2D eigenvalue weighted by molar-refractivity contribution is 7.85. The van der Waals surface area contributed by atoms with Crippen molar-refractivity contribution in [1.82, 2.24) is 5.32 Å².